The molecule has 1 amide bonds. The lowest BCUT2D eigenvalue weighted by Gasteiger charge is -2.06. The first kappa shape index (κ1) is 12.2. The number of benzene rings is 1. The Morgan fingerprint density at radius 2 is 2.33 bits per heavy atom. The highest BCUT2D eigenvalue weighted by atomic mass is 16.5. The molecule has 0 aliphatic rings. The highest BCUT2D eigenvalue weighted by Crippen LogP contribution is 2.22. The molecule has 6 heteroatoms. The van der Waals surface area contributed by atoms with Gasteiger partial charge in [0.1, 0.15) is 12.3 Å². The molecule has 0 saturated carbocycles. The monoisotopic (exact) mass is 248 g/mol. The summed E-state index contributed by atoms with van der Waals surface area (Å²) in [5, 5.41) is 2.73. The second-order valence-electron chi connectivity index (χ2n) is 3.86. The number of rotatable bonds is 4. The molecule has 3 N–H and O–H groups in total. The van der Waals surface area contributed by atoms with E-state index in [0.717, 1.165) is 11.0 Å². The summed E-state index contributed by atoms with van der Waals surface area (Å²) in [5.74, 6) is 0.953. The van der Waals surface area contributed by atoms with Gasteiger partial charge >= 0.3 is 0 Å². The van der Waals surface area contributed by atoms with Gasteiger partial charge in [-0.25, -0.2) is 4.98 Å². The third-order valence-corrected chi connectivity index (χ3v) is 2.66. The number of likely N-dealkylation sites (N-methyl/N-ethyl adjacent to an activating group) is 1. The predicted molar refractivity (Wildman–Crippen MR) is 69.4 cm³/mol. The van der Waals surface area contributed by atoms with E-state index in [-0.39, 0.29) is 12.5 Å². The second kappa shape index (κ2) is 4.95. The van der Waals surface area contributed by atoms with E-state index in [1.54, 1.807) is 17.7 Å². The number of hydrogen-bond donors (Lipinski definition) is 2. The van der Waals surface area contributed by atoms with Crippen LogP contribution in [0, 0.1) is 0 Å². The molecule has 2 aromatic rings. The van der Waals surface area contributed by atoms with Crippen molar-refractivity contribution in [2.24, 2.45) is 0 Å². The summed E-state index contributed by atoms with van der Waals surface area (Å²) in [6, 6.07) is 5.45. The SMILES string of the molecule is CCNC(=O)Cn1c(N)nc2cc(OC)ccc21. The predicted octanol–water partition coefficient (Wildman–Crippen LogP) is 0.763. The number of anilines is 1. The molecule has 0 bridgehead atoms. The molecule has 1 aromatic carbocycles. The molecule has 0 aliphatic heterocycles. The summed E-state index contributed by atoms with van der Waals surface area (Å²) in [6.45, 7) is 2.64. The van der Waals surface area contributed by atoms with Gasteiger partial charge in [0.25, 0.3) is 0 Å². The average molecular weight is 248 g/mol. The Bertz CT molecular complexity index is 577. The highest BCUT2D eigenvalue weighted by molar-refractivity contribution is 5.83. The number of nitrogens with zero attached hydrogens (tertiary/aromatic N) is 2. The summed E-state index contributed by atoms with van der Waals surface area (Å²) >= 11 is 0. The molecule has 1 aromatic heterocycles. The van der Waals surface area contributed by atoms with Crippen molar-refractivity contribution in [1.29, 1.82) is 0 Å². The van der Waals surface area contributed by atoms with Gasteiger partial charge in [-0.2, -0.15) is 0 Å². The molecule has 6 nitrogen and oxygen atoms in total. The number of amides is 1. The fourth-order valence-corrected chi connectivity index (χ4v) is 1.82. The second-order valence-corrected chi connectivity index (χ2v) is 3.86. The zero-order valence-electron chi connectivity index (χ0n) is 10.4. The summed E-state index contributed by atoms with van der Waals surface area (Å²) in [5.41, 5.74) is 7.36. The van der Waals surface area contributed by atoms with Gasteiger partial charge in [-0.3, -0.25) is 4.79 Å². The van der Waals surface area contributed by atoms with E-state index in [2.05, 4.69) is 10.3 Å². The molecule has 96 valence electrons. The zero-order chi connectivity index (χ0) is 13.1. The van der Waals surface area contributed by atoms with E-state index in [0.29, 0.717) is 18.2 Å². The Balaban J connectivity index is 2.38. The van der Waals surface area contributed by atoms with Crippen molar-refractivity contribution in [2.75, 3.05) is 19.4 Å². The van der Waals surface area contributed by atoms with E-state index < -0.39 is 0 Å². The standard InChI is InChI=1S/C12H16N4O2/c1-3-14-11(17)7-16-10-5-4-8(18-2)6-9(10)15-12(16)13/h4-6H,3,7H2,1-2H3,(H2,13,15)(H,14,17). The molecule has 0 unspecified atom stereocenters. The van der Waals surface area contributed by atoms with Gasteiger partial charge in [0.2, 0.25) is 11.9 Å². The Morgan fingerprint density at radius 3 is 3.00 bits per heavy atom. The van der Waals surface area contributed by atoms with Gasteiger partial charge in [0, 0.05) is 12.6 Å². The quantitative estimate of drug-likeness (QED) is 0.837. The normalized spacial score (nSPS) is 10.6. The van der Waals surface area contributed by atoms with Gasteiger partial charge < -0.3 is 20.4 Å². The third kappa shape index (κ3) is 2.22. The van der Waals surface area contributed by atoms with Crippen LogP contribution in [-0.2, 0) is 11.3 Å². The zero-order valence-corrected chi connectivity index (χ0v) is 10.4. The van der Waals surface area contributed by atoms with Gasteiger partial charge in [0.15, 0.2) is 0 Å². The lowest BCUT2D eigenvalue weighted by atomic mass is 10.3. The van der Waals surface area contributed by atoms with Gasteiger partial charge in [0.05, 0.1) is 18.1 Å². The summed E-state index contributed by atoms with van der Waals surface area (Å²) in [4.78, 5) is 15.8. The number of carbonyl (C=O) groups excluding carboxylic acids is 1. The fourth-order valence-electron chi connectivity index (χ4n) is 1.82. The minimum absolute atomic E-state index is 0.0840. The van der Waals surface area contributed by atoms with Crippen LogP contribution >= 0.6 is 0 Å². The van der Waals surface area contributed by atoms with Crippen molar-refractivity contribution in [3.8, 4) is 5.75 Å². The molecular formula is C12H16N4O2. The lowest BCUT2D eigenvalue weighted by molar-refractivity contribution is -0.121. The molecule has 0 radical (unpaired) electrons. The van der Waals surface area contributed by atoms with Crippen LogP contribution in [0.3, 0.4) is 0 Å². The summed E-state index contributed by atoms with van der Waals surface area (Å²) in [7, 11) is 1.59. The number of carbonyl (C=O) groups is 1. The Kier molecular flexibility index (Phi) is 3.36. The lowest BCUT2D eigenvalue weighted by Crippen LogP contribution is -2.27. The molecule has 18 heavy (non-hydrogen) atoms. The maximum absolute atomic E-state index is 11.6. The number of nitrogen functional groups attached to an aromatic ring is 1. The molecular weight excluding hydrogens is 232 g/mol. The van der Waals surface area contributed by atoms with Gasteiger partial charge in [-0.15, -0.1) is 0 Å². The topological polar surface area (TPSA) is 82.2 Å². The van der Waals surface area contributed by atoms with E-state index in [4.69, 9.17) is 10.5 Å². The van der Waals surface area contributed by atoms with Crippen LogP contribution in [0.5, 0.6) is 5.75 Å². The van der Waals surface area contributed by atoms with E-state index in [1.807, 2.05) is 19.1 Å². The third-order valence-electron chi connectivity index (χ3n) is 2.66. The smallest absolute Gasteiger partial charge is 0.240 e. The van der Waals surface area contributed by atoms with Crippen LogP contribution < -0.4 is 15.8 Å². The number of hydrogen-bond acceptors (Lipinski definition) is 4. The largest absolute Gasteiger partial charge is 0.497 e. The van der Waals surface area contributed by atoms with E-state index >= 15 is 0 Å². The first-order valence-corrected chi connectivity index (χ1v) is 5.72. The van der Waals surface area contributed by atoms with Crippen LogP contribution in [-0.4, -0.2) is 29.1 Å². The Hall–Kier alpha value is -2.24. The molecule has 0 aliphatic carbocycles. The van der Waals surface area contributed by atoms with E-state index in [1.165, 1.54) is 0 Å². The maximum atomic E-state index is 11.6. The minimum atomic E-state index is -0.0840. The minimum Gasteiger partial charge on any atom is -0.497 e. The first-order valence-electron chi connectivity index (χ1n) is 5.72. The van der Waals surface area contributed by atoms with E-state index in [9.17, 15) is 4.79 Å². The number of fused-ring (bicyclic) bond motifs is 1. The van der Waals surface area contributed by atoms with Crippen molar-refractivity contribution >= 4 is 22.9 Å². The maximum Gasteiger partial charge on any atom is 0.240 e. The molecule has 1 heterocycles. The number of aromatic nitrogens is 2. The fraction of sp³-hybridized carbons (Fsp3) is 0.333. The van der Waals surface area contributed by atoms with Crippen LogP contribution in [0.1, 0.15) is 6.92 Å². The molecule has 2 rings (SSSR count). The van der Waals surface area contributed by atoms with Crippen molar-refractivity contribution in [2.45, 2.75) is 13.5 Å². The van der Waals surface area contributed by atoms with Crippen molar-refractivity contribution in [3.05, 3.63) is 18.2 Å². The molecule has 0 spiro atoms. The highest BCUT2D eigenvalue weighted by Gasteiger charge is 2.11. The summed E-state index contributed by atoms with van der Waals surface area (Å²) in [6.07, 6.45) is 0. The van der Waals surface area contributed by atoms with Crippen LogP contribution in [0.15, 0.2) is 18.2 Å². The van der Waals surface area contributed by atoms with Crippen LogP contribution in [0.4, 0.5) is 5.95 Å². The number of ether oxygens (including phenoxy) is 1. The Labute approximate surface area is 105 Å². The number of imidazole rings is 1. The van der Waals surface area contributed by atoms with Crippen LogP contribution in [0.2, 0.25) is 0 Å². The first-order chi connectivity index (χ1) is 8.65. The van der Waals surface area contributed by atoms with Crippen LogP contribution in [0.25, 0.3) is 11.0 Å². The summed E-state index contributed by atoms with van der Waals surface area (Å²) < 4.78 is 6.80. The van der Waals surface area contributed by atoms with Crippen molar-refractivity contribution < 1.29 is 9.53 Å². The Morgan fingerprint density at radius 1 is 1.56 bits per heavy atom. The van der Waals surface area contributed by atoms with Gasteiger partial charge in [-0.05, 0) is 19.1 Å². The molecule has 0 atom stereocenters. The van der Waals surface area contributed by atoms with Gasteiger partial charge in [-0.1, -0.05) is 0 Å². The number of nitrogens with one attached hydrogen (secondary N) is 1. The van der Waals surface area contributed by atoms with Crippen molar-refractivity contribution in [3.63, 3.8) is 0 Å². The molecule has 0 saturated heterocycles. The van der Waals surface area contributed by atoms with Crippen molar-refractivity contribution in [1.82, 2.24) is 14.9 Å². The number of nitrogens with two attached hydrogens (primary N) is 1. The molecule has 0 fully saturated rings. The number of methoxy groups -OCH3 is 1. The average Bonchev–Trinajstić information content (AvgIpc) is 2.65.